The molecule has 1 aromatic heterocycles. The first-order valence-electron chi connectivity index (χ1n) is 6.38. The number of anilines is 1. The Bertz CT molecular complexity index is 917. The number of H-pyrrole nitrogens is 1. The number of benzene rings is 1. The van der Waals surface area contributed by atoms with Crippen molar-refractivity contribution >= 4 is 21.7 Å². The third kappa shape index (κ3) is 3.51. The SMILES string of the molecule is COc1ccc(S(=O)(=O)Nc2ccc(C)[nH]c2=O)cc1C(=O)O. The van der Waals surface area contributed by atoms with Crippen molar-refractivity contribution in [2.24, 2.45) is 0 Å². The van der Waals surface area contributed by atoms with Gasteiger partial charge < -0.3 is 14.8 Å². The molecule has 0 aliphatic carbocycles. The molecule has 0 radical (unpaired) electrons. The number of ether oxygens (including phenoxy) is 1. The second kappa shape index (κ2) is 6.13. The number of carbonyl (C=O) groups is 1. The second-order valence-corrected chi connectivity index (χ2v) is 6.34. The van der Waals surface area contributed by atoms with Gasteiger partial charge in [0.15, 0.2) is 0 Å². The molecule has 0 atom stereocenters. The Morgan fingerprint density at radius 1 is 1.26 bits per heavy atom. The minimum atomic E-state index is -4.12. The highest BCUT2D eigenvalue weighted by Gasteiger charge is 2.20. The number of nitrogens with one attached hydrogen (secondary N) is 2. The van der Waals surface area contributed by atoms with Crippen LogP contribution in [-0.2, 0) is 10.0 Å². The summed E-state index contributed by atoms with van der Waals surface area (Å²) < 4.78 is 31.6. The van der Waals surface area contributed by atoms with Crippen molar-refractivity contribution in [3.63, 3.8) is 0 Å². The fourth-order valence-corrected chi connectivity index (χ4v) is 2.97. The summed E-state index contributed by atoms with van der Waals surface area (Å²) >= 11 is 0. The summed E-state index contributed by atoms with van der Waals surface area (Å²) in [7, 11) is -2.84. The molecule has 1 aromatic carbocycles. The predicted molar refractivity (Wildman–Crippen MR) is 82.6 cm³/mol. The molecular weight excluding hydrogens is 324 g/mol. The number of hydrogen-bond acceptors (Lipinski definition) is 5. The Morgan fingerprint density at radius 3 is 2.52 bits per heavy atom. The van der Waals surface area contributed by atoms with Crippen LogP contribution in [0.25, 0.3) is 0 Å². The lowest BCUT2D eigenvalue weighted by atomic mass is 10.2. The number of aromatic nitrogens is 1. The lowest BCUT2D eigenvalue weighted by molar-refractivity contribution is 0.0693. The number of pyridine rings is 1. The number of methoxy groups -OCH3 is 1. The van der Waals surface area contributed by atoms with Gasteiger partial charge >= 0.3 is 5.97 Å². The van der Waals surface area contributed by atoms with Crippen molar-refractivity contribution in [1.29, 1.82) is 0 Å². The largest absolute Gasteiger partial charge is 0.496 e. The Morgan fingerprint density at radius 2 is 1.96 bits per heavy atom. The average molecular weight is 338 g/mol. The average Bonchev–Trinajstić information content (AvgIpc) is 2.49. The molecular formula is C14H14N2O6S. The number of carboxylic acids is 1. The van der Waals surface area contributed by atoms with E-state index in [-0.39, 0.29) is 21.9 Å². The van der Waals surface area contributed by atoms with E-state index in [1.807, 2.05) is 0 Å². The van der Waals surface area contributed by atoms with Crippen molar-refractivity contribution in [3.8, 4) is 5.75 Å². The van der Waals surface area contributed by atoms with Crippen molar-refractivity contribution in [1.82, 2.24) is 4.98 Å². The van der Waals surface area contributed by atoms with Crippen LogP contribution in [0, 0.1) is 6.92 Å². The van der Waals surface area contributed by atoms with Crippen molar-refractivity contribution < 1.29 is 23.1 Å². The molecule has 122 valence electrons. The van der Waals surface area contributed by atoms with Crippen LogP contribution in [0.5, 0.6) is 5.75 Å². The first-order chi connectivity index (χ1) is 10.7. The molecule has 3 N–H and O–H groups in total. The Labute approximate surface area is 131 Å². The summed E-state index contributed by atoms with van der Waals surface area (Å²) in [4.78, 5) is 25.1. The van der Waals surface area contributed by atoms with Crippen LogP contribution in [0.4, 0.5) is 5.69 Å². The number of aromatic amines is 1. The topological polar surface area (TPSA) is 126 Å². The standard InChI is InChI=1S/C14H14N2O6S/c1-8-3-5-11(13(17)15-8)16-23(20,21)9-4-6-12(22-2)10(7-9)14(18)19/h3-7,16H,1-2H3,(H,15,17)(H,18,19). The maximum atomic E-state index is 12.3. The van der Waals surface area contributed by atoms with Gasteiger partial charge in [0.25, 0.3) is 15.6 Å². The number of carboxylic acid groups (broad SMARTS) is 1. The molecule has 0 aliphatic rings. The van der Waals surface area contributed by atoms with E-state index < -0.39 is 21.6 Å². The van der Waals surface area contributed by atoms with Gasteiger partial charge in [0.1, 0.15) is 17.0 Å². The zero-order chi connectivity index (χ0) is 17.2. The number of aromatic carboxylic acids is 1. The highest BCUT2D eigenvalue weighted by atomic mass is 32.2. The summed E-state index contributed by atoms with van der Waals surface area (Å²) in [5.74, 6) is -1.29. The van der Waals surface area contributed by atoms with E-state index in [1.54, 1.807) is 6.92 Å². The van der Waals surface area contributed by atoms with Crippen molar-refractivity contribution in [2.75, 3.05) is 11.8 Å². The number of rotatable bonds is 5. The number of sulfonamides is 1. The highest BCUT2D eigenvalue weighted by Crippen LogP contribution is 2.23. The van der Waals surface area contributed by atoms with E-state index in [1.165, 1.54) is 31.4 Å². The maximum absolute atomic E-state index is 12.3. The zero-order valence-corrected chi connectivity index (χ0v) is 13.1. The fraction of sp³-hybridized carbons (Fsp3) is 0.143. The Kier molecular flexibility index (Phi) is 4.41. The van der Waals surface area contributed by atoms with Crippen LogP contribution in [0.2, 0.25) is 0 Å². The minimum Gasteiger partial charge on any atom is -0.496 e. The number of aryl methyl sites for hydroxylation is 1. The minimum absolute atomic E-state index is 0.0321. The molecule has 0 spiro atoms. The molecule has 23 heavy (non-hydrogen) atoms. The van der Waals surface area contributed by atoms with Gasteiger partial charge in [-0.1, -0.05) is 0 Å². The molecule has 0 fully saturated rings. The van der Waals surface area contributed by atoms with Crippen molar-refractivity contribution in [3.05, 3.63) is 51.9 Å². The molecule has 0 aliphatic heterocycles. The molecule has 0 saturated carbocycles. The lowest BCUT2D eigenvalue weighted by Crippen LogP contribution is -2.20. The second-order valence-electron chi connectivity index (χ2n) is 4.66. The lowest BCUT2D eigenvalue weighted by Gasteiger charge is -2.10. The van der Waals surface area contributed by atoms with Crippen LogP contribution >= 0.6 is 0 Å². The smallest absolute Gasteiger partial charge is 0.339 e. The van der Waals surface area contributed by atoms with Crippen LogP contribution in [0.1, 0.15) is 16.1 Å². The van der Waals surface area contributed by atoms with Gasteiger partial charge in [-0.15, -0.1) is 0 Å². The van der Waals surface area contributed by atoms with Crippen LogP contribution in [-0.4, -0.2) is 31.6 Å². The first-order valence-corrected chi connectivity index (χ1v) is 7.87. The maximum Gasteiger partial charge on any atom is 0.339 e. The van der Waals surface area contributed by atoms with Gasteiger partial charge in [0.2, 0.25) is 0 Å². The van der Waals surface area contributed by atoms with E-state index >= 15 is 0 Å². The van der Waals surface area contributed by atoms with Gasteiger partial charge in [-0.05, 0) is 37.3 Å². The molecule has 8 nitrogen and oxygen atoms in total. The van der Waals surface area contributed by atoms with E-state index in [9.17, 15) is 18.0 Å². The Balaban J connectivity index is 2.45. The van der Waals surface area contributed by atoms with Crippen LogP contribution < -0.4 is 15.0 Å². The third-order valence-electron chi connectivity index (χ3n) is 3.01. The Hall–Kier alpha value is -2.81. The summed E-state index contributed by atoms with van der Waals surface area (Å²) in [5, 5.41) is 9.10. The summed E-state index contributed by atoms with van der Waals surface area (Å²) in [6.07, 6.45) is 0. The molecule has 9 heteroatoms. The van der Waals surface area contributed by atoms with E-state index in [2.05, 4.69) is 9.71 Å². The van der Waals surface area contributed by atoms with Gasteiger partial charge in [0, 0.05) is 5.69 Å². The number of hydrogen-bond donors (Lipinski definition) is 3. The van der Waals surface area contributed by atoms with Crippen molar-refractivity contribution in [2.45, 2.75) is 11.8 Å². The molecule has 0 amide bonds. The first kappa shape index (κ1) is 16.6. The monoisotopic (exact) mass is 338 g/mol. The van der Waals surface area contributed by atoms with E-state index in [0.29, 0.717) is 5.69 Å². The third-order valence-corrected chi connectivity index (χ3v) is 4.37. The molecule has 2 rings (SSSR count). The molecule has 0 unspecified atom stereocenters. The van der Waals surface area contributed by atoms with Gasteiger partial charge in [-0.25, -0.2) is 13.2 Å². The van der Waals surface area contributed by atoms with Gasteiger partial charge in [-0.3, -0.25) is 9.52 Å². The van der Waals surface area contributed by atoms with Crippen LogP contribution in [0.3, 0.4) is 0 Å². The molecule has 2 aromatic rings. The molecule has 0 bridgehead atoms. The quantitative estimate of drug-likeness (QED) is 0.752. The highest BCUT2D eigenvalue weighted by molar-refractivity contribution is 7.92. The predicted octanol–water partition coefficient (Wildman–Crippen LogP) is 1.19. The zero-order valence-electron chi connectivity index (χ0n) is 12.3. The summed E-state index contributed by atoms with van der Waals surface area (Å²) in [6, 6.07) is 6.25. The van der Waals surface area contributed by atoms with E-state index in [0.717, 1.165) is 6.07 Å². The summed E-state index contributed by atoms with van der Waals surface area (Å²) in [5.41, 5.74) is -0.479. The summed E-state index contributed by atoms with van der Waals surface area (Å²) in [6.45, 7) is 1.66. The van der Waals surface area contributed by atoms with E-state index in [4.69, 9.17) is 9.84 Å². The fourth-order valence-electron chi connectivity index (χ4n) is 1.88. The van der Waals surface area contributed by atoms with Gasteiger partial charge in [-0.2, -0.15) is 0 Å². The van der Waals surface area contributed by atoms with Gasteiger partial charge in [0.05, 0.1) is 12.0 Å². The normalized spacial score (nSPS) is 11.0. The molecule has 0 saturated heterocycles. The van der Waals surface area contributed by atoms with Crippen LogP contribution in [0.15, 0.2) is 40.0 Å². The molecule has 1 heterocycles.